The average molecular weight is 270 g/mol. The van der Waals surface area contributed by atoms with Gasteiger partial charge in [-0.25, -0.2) is 0 Å². The molecule has 0 unspecified atom stereocenters. The van der Waals surface area contributed by atoms with Gasteiger partial charge in [0.1, 0.15) is 5.82 Å². The third-order valence-electron chi connectivity index (χ3n) is 3.45. The summed E-state index contributed by atoms with van der Waals surface area (Å²) in [5.74, 6) is 0.841. The Morgan fingerprint density at radius 1 is 1.35 bits per heavy atom. The molecule has 20 heavy (non-hydrogen) atoms. The smallest absolute Gasteiger partial charge is 0.103 e. The Morgan fingerprint density at radius 3 is 2.45 bits per heavy atom. The van der Waals surface area contributed by atoms with Crippen molar-refractivity contribution in [1.82, 2.24) is 4.90 Å². The van der Waals surface area contributed by atoms with E-state index in [9.17, 15) is 0 Å². The van der Waals surface area contributed by atoms with Gasteiger partial charge in [0.15, 0.2) is 0 Å². The number of aryl methyl sites for hydroxylation is 2. The third-order valence-corrected chi connectivity index (χ3v) is 3.45. The summed E-state index contributed by atoms with van der Waals surface area (Å²) in [6, 6.07) is 6.48. The molecule has 0 bridgehead atoms. The van der Waals surface area contributed by atoms with Crippen LogP contribution in [-0.4, -0.2) is 11.9 Å². The zero-order chi connectivity index (χ0) is 15.3. The normalized spacial score (nSPS) is 11.2. The van der Waals surface area contributed by atoms with E-state index in [1.165, 1.54) is 11.1 Å². The molecule has 2 nitrogen and oxygen atoms in total. The first-order chi connectivity index (χ1) is 9.40. The lowest BCUT2D eigenvalue weighted by molar-refractivity contribution is 0.535. The van der Waals surface area contributed by atoms with Gasteiger partial charge < -0.3 is 10.2 Å². The molecule has 1 N–H and O–H groups in total. The van der Waals surface area contributed by atoms with Gasteiger partial charge in [-0.2, -0.15) is 0 Å². The highest BCUT2D eigenvalue weighted by atomic mass is 15.2. The lowest BCUT2D eigenvalue weighted by atomic mass is 10.1. The summed E-state index contributed by atoms with van der Waals surface area (Å²) in [7, 11) is 2.00. The Hall–Kier alpha value is -1.96. The molecule has 0 radical (unpaired) electrons. The molecule has 0 saturated heterocycles. The van der Waals surface area contributed by atoms with Crippen LogP contribution in [0.4, 0.5) is 5.69 Å². The van der Waals surface area contributed by atoms with Gasteiger partial charge in [-0.1, -0.05) is 38.3 Å². The largest absolute Gasteiger partial charge is 0.342 e. The SMILES string of the molecule is C=C(C)/C(=C\C)N(C)C(=C)Nc1ccc(CC)cc1C. The number of anilines is 1. The van der Waals surface area contributed by atoms with Crippen molar-refractivity contribution < 1.29 is 0 Å². The van der Waals surface area contributed by atoms with Crippen molar-refractivity contribution >= 4 is 5.69 Å². The molecule has 0 aliphatic heterocycles. The van der Waals surface area contributed by atoms with Gasteiger partial charge in [0, 0.05) is 18.4 Å². The Kier molecular flexibility index (Phi) is 5.63. The molecule has 0 aliphatic rings. The second-order valence-electron chi connectivity index (χ2n) is 5.09. The molecule has 0 saturated carbocycles. The molecule has 0 aromatic heterocycles. The van der Waals surface area contributed by atoms with Crippen LogP contribution in [0.15, 0.2) is 54.5 Å². The first kappa shape index (κ1) is 16.1. The van der Waals surface area contributed by atoms with Crippen LogP contribution in [0.3, 0.4) is 0 Å². The quantitative estimate of drug-likeness (QED) is 0.743. The number of nitrogens with one attached hydrogen (secondary N) is 1. The summed E-state index contributed by atoms with van der Waals surface area (Å²) in [6.45, 7) is 16.4. The van der Waals surface area contributed by atoms with Crippen molar-refractivity contribution in [1.29, 1.82) is 0 Å². The van der Waals surface area contributed by atoms with Gasteiger partial charge in [-0.3, -0.25) is 0 Å². The Bertz CT molecular complexity index is 538. The highest BCUT2D eigenvalue weighted by Gasteiger charge is 2.09. The number of likely N-dealkylation sites (N-methyl/N-ethyl adjacent to an activating group) is 1. The highest BCUT2D eigenvalue weighted by molar-refractivity contribution is 5.55. The second kappa shape index (κ2) is 6.99. The summed E-state index contributed by atoms with van der Waals surface area (Å²) >= 11 is 0. The van der Waals surface area contributed by atoms with Crippen LogP contribution < -0.4 is 5.32 Å². The first-order valence-corrected chi connectivity index (χ1v) is 7.02. The van der Waals surface area contributed by atoms with Crippen LogP contribution in [0.5, 0.6) is 0 Å². The number of benzene rings is 1. The van der Waals surface area contributed by atoms with Crippen LogP contribution in [-0.2, 0) is 6.42 Å². The number of hydrogen-bond acceptors (Lipinski definition) is 2. The minimum absolute atomic E-state index is 0.841. The zero-order valence-corrected chi connectivity index (χ0v) is 13.4. The van der Waals surface area contributed by atoms with Crippen LogP contribution in [0.25, 0.3) is 0 Å². The highest BCUT2D eigenvalue weighted by Crippen LogP contribution is 2.21. The molecule has 1 aromatic rings. The maximum atomic E-state index is 4.12. The molecule has 1 rings (SSSR count). The summed E-state index contributed by atoms with van der Waals surface area (Å²) in [6.07, 6.45) is 3.10. The first-order valence-electron chi connectivity index (χ1n) is 7.02. The van der Waals surface area contributed by atoms with Crippen molar-refractivity contribution in [2.75, 3.05) is 12.4 Å². The van der Waals surface area contributed by atoms with Crippen LogP contribution >= 0.6 is 0 Å². The van der Waals surface area contributed by atoms with Gasteiger partial charge in [0.2, 0.25) is 0 Å². The zero-order valence-electron chi connectivity index (χ0n) is 13.4. The van der Waals surface area contributed by atoms with Crippen molar-refractivity contribution in [3.8, 4) is 0 Å². The summed E-state index contributed by atoms with van der Waals surface area (Å²) in [4.78, 5) is 2.02. The molecule has 0 aliphatic carbocycles. The van der Waals surface area contributed by atoms with Crippen molar-refractivity contribution in [3.63, 3.8) is 0 Å². The number of allylic oxidation sites excluding steroid dienone is 2. The Morgan fingerprint density at radius 2 is 2.00 bits per heavy atom. The molecule has 1 aromatic carbocycles. The van der Waals surface area contributed by atoms with E-state index in [2.05, 4.69) is 50.5 Å². The van der Waals surface area contributed by atoms with E-state index in [0.717, 1.165) is 29.2 Å². The maximum Gasteiger partial charge on any atom is 0.103 e. The average Bonchev–Trinajstić information content (AvgIpc) is 2.41. The van der Waals surface area contributed by atoms with Crippen molar-refractivity contribution in [2.24, 2.45) is 0 Å². The lowest BCUT2D eigenvalue weighted by Crippen LogP contribution is -2.22. The predicted octanol–water partition coefficient (Wildman–Crippen LogP) is 4.85. The summed E-state index contributed by atoms with van der Waals surface area (Å²) < 4.78 is 0. The Balaban J connectivity index is 2.88. The van der Waals surface area contributed by atoms with Gasteiger partial charge in [-0.15, -0.1) is 0 Å². The second-order valence-corrected chi connectivity index (χ2v) is 5.09. The standard InChI is InChI=1S/C18H26N2/c1-8-16-10-11-17(14(5)12-16)19-15(6)20(7)18(9-2)13(3)4/h9-12,19H,3,6,8H2,1-2,4-5,7H3/b18-9+. The van der Waals surface area contributed by atoms with Gasteiger partial charge >= 0.3 is 0 Å². The van der Waals surface area contributed by atoms with E-state index in [1.807, 2.05) is 31.9 Å². The Labute approximate surface area is 123 Å². The number of hydrogen-bond donors (Lipinski definition) is 1. The molecule has 0 atom stereocenters. The fourth-order valence-electron chi connectivity index (χ4n) is 2.20. The summed E-state index contributed by atoms with van der Waals surface area (Å²) in [5.41, 5.74) is 5.77. The van der Waals surface area contributed by atoms with E-state index in [-0.39, 0.29) is 0 Å². The van der Waals surface area contributed by atoms with E-state index < -0.39 is 0 Å². The summed E-state index contributed by atoms with van der Waals surface area (Å²) in [5, 5.41) is 3.38. The predicted molar refractivity (Wildman–Crippen MR) is 89.7 cm³/mol. The van der Waals surface area contributed by atoms with Crippen LogP contribution in [0.1, 0.15) is 31.9 Å². The van der Waals surface area contributed by atoms with Gasteiger partial charge in [0.25, 0.3) is 0 Å². The third kappa shape index (κ3) is 3.77. The fraction of sp³-hybridized carbons (Fsp3) is 0.333. The van der Waals surface area contributed by atoms with E-state index in [1.54, 1.807) is 0 Å². The molecular formula is C18H26N2. The minimum Gasteiger partial charge on any atom is -0.342 e. The van der Waals surface area contributed by atoms with E-state index in [4.69, 9.17) is 0 Å². The minimum atomic E-state index is 0.841. The van der Waals surface area contributed by atoms with E-state index in [0.29, 0.717) is 0 Å². The fourth-order valence-corrected chi connectivity index (χ4v) is 2.20. The maximum absolute atomic E-state index is 4.12. The topological polar surface area (TPSA) is 15.3 Å². The molecule has 0 spiro atoms. The van der Waals surface area contributed by atoms with Crippen LogP contribution in [0.2, 0.25) is 0 Å². The monoisotopic (exact) mass is 270 g/mol. The van der Waals surface area contributed by atoms with Gasteiger partial charge in [-0.05, 0) is 50.0 Å². The molecule has 0 fully saturated rings. The lowest BCUT2D eigenvalue weighted by Gasteiger charge is -2.26. The molecule has 108 valence electrons. The molecule has 0 heterocycles. The molecular weight excluding hydrogens is 244 g/mol. The van der Waals surface area contributed by atoms with Crippen molar-refractivity contribution in [2.45, 2.75) is 34.1 Å². The molecule has 2 heteroatoms. The van der Waals surface area contributed by atoms with E-state index >= 15 is 0 Å². The van der Waals surface area contributed by atoms with Crippen molar-refractivity contribution in [3.05, 3.63) is 65.7 Å². The van der Waals surface area contributed by atoms with Crippen LogP contribution in [0, 0.1) is 6.92 Å². The van der Waals surface area contributed by atoms with Gasteiger partial charge in [0.05, 0.1) is 0 Å². The number of rotatable bonds is 6. The number of nitrogens with zero attached hydrogens (tertiary/aromatic N) is 1. The molecule has 0 amide bonds.